The third kappa shape index (κ3) is 3.57. The topological polar surface area (TPSA) is 96.7 Å². The first-order chi connectivity index (χ1) is 9.35. The molecule has 106 valence electrons. The summed E-state index contributed by atoms with van der Waals surface area (Å²) in [5, 5.41) is 3.26. The molecular weight excluding hydrogens is 254 g/mol. The number of carbonyl (C=O) groups excluding carboxylic acids is 1. The minimum absolute atomic E-state index is 0.156. The van der Waals surface area contributed by atoms with Crippen molar-refractivity contribution in [2.24, 2.45) is 11.1 Å². The second kappa shape index (κ2) is 5.32. The van der Waals surface area contributed by atoms with Crippen LogP contribution in [-0.2, 0) is 4.79 Å². The number of nitrogens with two attached hydrogens (primary N) is 1. The van der Waals surface area contributed by atoms with Gasteiger partial charge in [-0.3, -0.25) is 4.79 Å². The number of anilines is 1. The van der Waals surface area contributed by atoms with Gasteiger partial charge in [0.25, 0.3) is 0 Å². The summed E-state index contributed by atoms with van der Waals surface area (Å²) in [6.45, 7) is 7.22. The van der Waals surface area contributed by atoms with Crippen LogP contribution in [0.25, 0.3) is 17.2 Å². The van der Waals surface area contributed by atoms with E-state index in [1.54, 1.807) is 18.5 Å². The molecule has 6 heteroatoms. The number of hydrogen-bond acceptors (Lipinski definition) is 4. The van der Waals surface area contributed by atoms with Gasteiger partial charge in [-0.25, -0.2) is 9.97 Å². The predicted octanol–water partition coefficient (Wildman–Crippen LogP) is 1.91. The molecule has 1 amide bonds. The minimum Gasteiger partial charge on any atom is -0.368 e. The Morgan fingerprint density at radius 1 is 1.50 bits per heavy atom. The number of carbonyl (C=O) groups is 1. The zero-order valence-corrected chi connectivity index (χ0v) is 11.9. The van der Waals surface area contributed by atoms with Gasteiger partial charge in [-0.05, 0) is 11.5 Å². The maximum Gasteiger partial charge on any atom is 0.241 e. The maximum atomic E-state index is 10.8. The van der Waals surface area contributed by atoms with E-state index in [-0.39, 0.29) is 5.41 Å². The van der Waals surface area contributed by atoms with Crippen molar-refractivity contribution in [1.29, 1.82) is 0 Å². The third-order valence-electron chi connectivity index (χ3n) is 2.64. The smallest absolute Gasteiger partial charge is 0.241 e. The lowest BCUT2D eigenvalue weighted by atomic mass is 9.97. The van der Waals surface area contributed by atoms with Crippen molar-refractivity contribution < 1.29 is 4.79 Å². The van der Waals surface area contributed by atoms with Crippen molar-refractivity contribution in [3.05, 3.63) is 24.0 Å². The summed E-state index contributed by atoms with van der Waals surface area (Å²) in [5.74, 6) is 0.218. The van der Waals surface area contributed by atoms with Crippen LogP contribution >= 0.6 is 0 Å². The molecule has 0 aliphatic heterocycles. The van der Waals surface area contributed by atoms with Crippen molar-refractivity contribution in [1.82, 2.24) is 15.0 Å². The molecule has 2 aromatic rings. The fraction of sp³-hybridized carbons (Fsp3) is 0.357. The number of hydrogen-bond donors (Lipinski definition) is 3. The SMILES string of the molecule is CC(C)(C)CNc1cnc2[nH]cc(/C=C/C(N)=O)c2n1. The number of aromatic amines is 1. The Bertz CT molecular complexity index is 651. The number of rotatable bonds is 4. The van der Waals surface area contributed by atoms with Crippen LogP contribution in [-0.4, -0.2) is 27.4 Å². The molecule has 2 aromatic heterocycles. The Morgan fingerprint density at radius 3 is 2.90 bits per heavy atom. The van der Waals surface area contributed by atoms with Crippen LogP contribution in [0, 0.1) is 5.41 Å². The molecule has 4 N–H and O–H groups in total. The lowest BCUT2D eigenvalue weighted by Crippen LogP contribution is -2.19. The van der Waals surface area contributed by atoms with Gasteiger partial charge in [-0.2, -0.15) is 0 Å². The van der Waals surface area contributed by atoms with Gasteiger partial charge < -0.3 is 16.0 Å². The Morgan fingerprint density at radius 2 is 2.25 bits per heavy atom. The van der Waals surface area contributed by atoms with Gasteiger partial charge in [0.05, 0.1) is 6.20 Å². The lowest BCUT2D eigenvalue weighted by Gasteiger charge is -2.18. The Kier molecular flexibility index (Phi) is 3.74. The van der Waals surface area contributed by atoms with Crippen LogP contribution in [0.2, 0.25) is 0 Å². The Balaban J connectivity index is 2.27. The van der Waals surface area contributed by atoms with Gasteiger partial charge in [0, 0.05) is 24.4 Å². The highest BCUT2D eigenvalue weighted by atomic mass is 16.1. The first kappa shape index (κ1) is 14.0. The molecule has 0 saturated carbocycles. The zero-order chi connectivity index (χ0) is 14.8. The molecule has 0 spiro atoms. The fourth-order valence-electron chi connectivity index (χ4n) is 1.65. The minimum atomic E-state index is -0.491. The molecule has 2 rings (SSSR count). The number of primary amides is 1. The number of amides is 1. The molecule has 2 heterocycles. The monoisotopic (exact) mass is 273 g/mol. The average molecular weight is 273 g/mol. The summed E-state index contributed by atoms with van der Waals surface area (Å²) in [5.41, 5.74) is 7.42. The van der Waals surface area contributed by atoms with Crippen LogP contribution in [0.4, 0.5) is 5.82 Å². The third-order valence-corrected chi connectivity index (χ3v) is 2.64. The molecule has 0 bridgehead atoms. The van der Waals surface area contributed by atoms with Gasteiger partial charge in [0.1, 0.15) is 11.3 Å². The van der Waals surface area contributed by atoms with E-state index in [4.69, 9.17) is 5.73 Å². The maximum absolute atomic E-state index is 10.8. The van der Waals surface area contributed by atoms with Crippen LogP contribution < -0.4 is 11.1 Å². The molecule has 6 nitrogen and oxygen atoms in total. The summed E-state index contributed by atoms with van der Waals surface area (Å²) < 4.78 is 0. The van der Waals surface area contributed by atoms with Crippen LogP contribution in [0.5, 0.6) is 0 Å². The fourth-order valence-corrected chi connectivity index (χ4v) is 1.65. The highest BCUT2D eigenvalue weighted by Gasteiger charge is 2.11. The molecule has 0 saturated heterocycles. The van der Waals surface area contributed by atoms with Crippen LogP contribution in [0.3, 0.4) is 0 Å². The van der Waals surface area contributed by atoms with Gasteiger partial charge in [0.15, 0.2) is 5.65 Å². The molecule has 0 atom stereocenters. The van der Waals surface area contributed by atoms with Crippen molar-refractivity contribution in [2.75, 3.05) is 11.9 Å². The summed E-state index contributed by atoms with van der Waals surface area (Å²) >= 11 is 0. The van der Waals surface area contributed by atoms with E-state index in [0.29, 0.717) is 17.0 Å². The van der Waals surface area contributed by atoms with E-state index in [2.05, 4.69) is 41.0 Å². The molecule has 0 aromatic carbocycles. The molecule has 0 unspecified atom stereocenters. The van der Waals surface area contributed by atoms with Crippen molar-refractivity contribution in [2.45, 2.75) is 20.8 Å². The Hall–Kier alpha value is -2.37. The van der Waals surface area contributed by atoms with Gasteiger partial charge in [-0.15, -0.1) is 0 Å². The summed E-state index contributed by atoms with van der Waals surface area (Å²) in [6, 6.07) is 0. The van der Waals surface area contributed by atoms with Crippen molar-refractivity contribution in [3.8, 4) is 0 Å². The van der Waals surface area contributed by atoms with Gasteiger partial charge in [-0.1, -0.05) is 20.8 Å². The number of nitrogens with zero attached hydrogens (tertiary/aromatic N) is 2. The number of nitrogens with one attached hydrogen (secondary N) is 2. The standard InChI is InChI=1S/C14H19N5O/c1-14(2,3)8-18-11-7-17-13-12(19-11)9(6-16-13)4-5-10(15)20/h4-7H,8H2,1-3H3,(H2,15,20)(H,16,17)(H,18,19)/b5-4+. The van der Waals surface area contributed by atoms with Crippen molar-refractivity contribution in [3.63, 3.8) is 0 Å². The van der Waals surface area contributed by atoms with E-state index in [1.807, 2.05) is 0 Å². The quantitative estimate of drug-likeness (QED) is 0.741. The number of H-pyrrole nitrogens is 1. The second-order valence-corrected chi connectivity index (χ2v) is 5.85. The normalized spacial score (nSPS) is 12.2. The van der Waals surface area contributed by atoms with E-state index in [9.17, 15) is 4.79 Å². The first-order valence-corrected chi connectivity index (χ1v) is 6.41. The van der Waals surface area contributed by atoms with Gasteiger partial charge in [0.2, 0.25) is 5.91 Å². The van der Waals surface area contributed by atoms with Crippen LogP contribution in [0.1, 0.15) is 26.3 Å². The van der Waals surface area contributed by atoms with E-state index < -0.39 is 5.91 Å². The summed E-state index contributed by atoms with van der Waals surface area (Å²) in [4.78, 5) is 22.6. The number of aromatic nitrogens is 3. The second-order valence-electron chi connectivity index (χ2n) is 5.85. The van der Waals surface area contributed by atoms with E-state index >= 15 is 0 Å². The Labute approximate surface area is 117 Å². The predicted molar refractivity (Wildman–Crippen MR) is 80.1 cm³/mol. The summed E-state index contributed by atoms with van der Waals surface area (Å²) in [7, 11) is 0. The van der Waals surface area contributed by atoms with E-state index in [0.717, 1.165) is 12.1 Å². The molecule has 0 aliphatic carbocycles. The van der Waals surface area contributed by atoms with Crippen molar-refractivity contribution >= 4 is 29.0 Å². The molecular formula is C14H19N5O. The lowest BCUT2D eigenvalue weighted by molar-refractivity contribution is -0.113. The average Bonchev–Trinajstić information content (AvgIpc) is 2.75. The van der Waals surface area contributed by atoms with Gasteiger partial charge >= 0.3 is 0 Å². The van der Waals surface area contributed by atoms with Crippen LogP contribution in [0.15, 0.2) is 18.5 Å². The highest BCUT2D eigenvalue weighted by Crippen LogP contribution is 2.19. The molecule has 0 fully saturated rings. The van der Waals surface area contributed by atoms with E-state index in [1.165, 1.54) is 6.08 Å². The number of fused-ring (bicyclic) bond motifs is 1. The highest BCUT2D eigenvalue weighted by molar-refractivity contribution is 5.93. The zero-order valence-electron chi connectivity index (χ0n) is 11.9. The molecule has 0 radical (unpaired) electrons. The molecule has 20 heavy (non-hydrogen) atoms. The first-order valence-electron chi connectivity index (χ1n) is 6.41. The summed E-state index contributed by atoms with van der Waals surface area (Å²) in [6.07, 6.45) is 6.37. The molecule has 0 aliphatic rings. The largest absolute Gasteiger partial charge is 0.368 e.